The summed E-state index contributed by atoms with van der Waals surface area (Å²) in [5, 5.41) is 22.7. The molecule has 1 aromatic heterocycles. The summed E-state index contributed by atoms with van der Waals surface area (Å²) in [6, 6.07) is 24.5. The van der Waals surface area contributed by atoms with E-state index in [1.807, 2.05) is 13.0 Å². The molecule has 1 unspecified atom stereocenters. The van der Waals surface area contributed by atoms with Crippen molar-refractivity contribution in [1.29, 1.82) is 5.26 Å². The Kier molecular flexibility index (Phi) is 7.06. The van der Waals surface area contributed by atoms with Crippen LogP contribution in [0.2, 0.25) is 0 Å². The molecule has 4 rings (SSSR count). The first kappa shape index (κ1) is 25.6. The summed E-state index contributed by atoms with van der Waals surface area (Å²) < 4.78 is 42.9. The van der Waals surface area contributed by atoms with Gasteiger partial charge in [0.15, 0.2) is 0 Å². The summed E-state index contributed by atoms with van der Waals surface area (Å²) >= 11 is 0. The van der Waals surface area contributed by atoms with Crippen LogP contribution in [0.3, 0.4) is 0 Å². The highest BCUT2D eigenvalue weighted by atomic mass is 19.4. The van der Waals surface area contributed by atoms with Crippen molar-refractivity contribution in [3.05, 3.63) is 118 Å². The molecule has 0 aliphatic carbocycles. The molecule has 1 atom stereocenters. The van der Waals surface area contributed by atoms with E-state index in [2.05, 4.69) is 17.4 Å². The zero-order valence-corrected chi connectivity index (χ0v) is 20.0. The van der Waals surface area contributed by atoms with Gasteiger partial charge in [0.05, 0.1) is 17.2 Å². The molecule has 1 amide bonds. The zero-order chi connectivity index (χ0) is 26.7. The molecule has 0 spiro atoms. The van der Waals surface area contributed by atoms with Gasteiger partial charge in [0.2, 0.25) is 0 Å². The Hall–Kier alpha value is -4.53. The largest absolute Gasteiger partial charge is 0.418 e. The lowest BCUT2D eigenvalue weighted by Gasteiger charge is -2.15. The Bertz CT molecular complexity index is 1500. The number of rotatable bonds is 6. The van der Waals surface area contributed by atoms with E-state index in [1.165, 1.54) is 16.7 Å². The first-order chi connectivity index (χ1) is 17.6. The van der Waals surface area contributed by atoms with E-state index in [0.29, 0.717) is 16.8 Å². The Morgan fingerprint density at radius 3 is 2.59 bits per heavy atom. The second kappa shape index (κ2) is 10.2. The molecule has 0 aliphatic rings. The molecule has 8 heteroatoms. The monoisotopic (exact) mass is 501 g/mol. The van der Waals surface area contributed by atoms with Crippen LogP contribution in [-0.4, -0.2) is 15.6 Å². The molecule has 5 nitrogen and oxygen atoms in total. The standard InChI is InChI=1S/C29H22F3N3O2/c1-3-25-24(29(30,31)32)16-26(35(25)23-12-5-8-19(14-23)17-33)28(37)34-22-11-6-10-21(15-22)27(36)20-9-4-7-18(2)13-20/h5-8,10-16,27,36H,3H2,1-2H3,(H,34,37). The van der Waals surface area contributed by atoms with E-state index in [0.717, 1.165) is 11.6 Å². The Morgan fingerprint density at radius 2 is 1.92 bits per heavy atom. The van der Waals surface area contributed by atoms with Crippen LogP contribution in [0.4, 0.5) is 18.9 Å². The van der Waals surface area contributed by atoms with Crippen molar-refractivity contribution in [2.75, 3.05) is 5.32 Å². The molecular formula is C29H22F3N3O2. The van der Waals surface area contributed by atoms with Gasteiger partial charge in [-0.15, -0.1) is 0 Å². The summed E-state index contributed by atoms with van der Waals surface area (Å²) in [5.41, 5.74) is 1.43. The number of benzene rings is 2. The summed E-state index contributed by atoms with van der Waals surface area (Å²) in [4.78, 5) is 13.3. The predicted octanol–water partition coefficient (Wildman–Crippen LogP) is 6.17. The summed E-state index contributed by atoms with van der Waals surface area (Å²) in [6.07, 6.45) is -5.71. The molecule has 1 heterocycles. The van der Waals surface area contributed by atoms with Crippen molar-refractivity contribution in [2.45, 2.75) is 32.5 Å². The summed E-state index contributed by atoms with van der Waals surface area (Å²) in [6.45, 7) is 3.43. The lowest BCUT2D eigenvalue weighted by Crippen LogP contribution is -2.17. The normalized spacial score (nSPS) is 11.9. The second-order valence-corrected chi connectivity index (χ2v) is 8.48. The van der Waals surface area contributed by atoms with E-state index in [9.17, 15) is 28.3 Å². The third kappa shape index (κ3) is 5.35. The summed E-state index contributed by atoms with van der Waals surface area (Å²) in [7, 11) is 0. The van der Waals surface area contributed by atoms with Gasteiger partial charge in [0.25, 0.3) is 5.91 Å². The van der Waals surface area contributed by atoms with Crippen LogP contribution < -0.4 is 5.32 Å². The number of hydrogen-bond acceptors (Lipinski definition) is 3. The number of nitriles is 1. The van der Waals surface area contributed by atoms with Gasteiger partial charge in [0, 0.05) is 22.6 Å². The van der Waals surface area contributed by atoms with Gasteiger partial charge < -0.3 is 15.0 Å². The molecule has 4 aromatic rings. The number of aromatic nitrogens is 1. The number of nitrogens with one attached hydrogen (secondary N) is 1. The number of hydrogen-bond donors (Lipinski definition) is 2. The minimum absolute atomic E-state index is 0.00456. The smallest absolute Gasteiger partial charge is 0.383 e. The lowest BCUT2D eigenvalue weighted by atomic mass is 10.0. The van der Waals surface area contributed by atoms with Crippen molar-refractivity contribution in [2.24, 2.45) is 0 Å². The number of anilines is 1. The second-order valence-electron chi connectivity index (χ2n) is 8.48. The molecule has 0 saturated carbocycles. The minimum Gasteiger partial charge on any atom is -0.383 e. The number of carbonyl (C=O) groups excluding carboxylic acids is 1. The predicted molar refractivity (Wildman–Crippen MR) is 132 cm³/mol. The van der Waals surface area contributed by atoms with Crippen molar-refractivity contribution in [1.82, 2.24) is 4.57 Å². The van der Waals surface area contributed by atoms with Gasteiger partial charge >= 0.3 is 6.18 Å². The molecule has 0 bridgehead atoms. The van der Waals surface area contributed by atoms with Crippen molar-refractivity contribution >= 4 is 11.6 Å². The van der Waals surface area contributed by atoms with Crippen LogP contribution in [0.15, 0.2) is 66.7 Å². The van der Waals surface area contributed by atoms with E-state index < -0.39 is 23.8 Å². The van der Waals surface area contributed by atoms with Crippen LogP contribution in [0.1, 0.15) is 57.0 Å². The number of alkyl halides is 3. The Labute approximate surface area is 212 Å². The molecule has 0 saturated heterocycles. The number of halogens is 3. The number of nitrogens with zero attached hydrogens (tertiary/aromatic N) is 2. The topological polar surface area (TPSA) is 78.0 Å². The fraction of sp³-hybridized carbons (Fsp3) is 0.172. The third-order valence-electron chi connectivity index (χ3n) is 5.86. The molecular weight excluding hydrogens is 479 g/mol. The number of aliphatic hydroxyl groups excluding tert-OH is 1. The van der Waals surface area contributed by atoms with Gasteiger partial charge in [-0.1, -0.05) is 37.3 Å². The highest BCUT2D eigenvalue weighted by Crippen LogP contribution is 2.36. The van der Waals surface area contributed by atoms with Gasteiger partial charge in [-0.05, 0) is 73.0 Å². The zero-order valence-electron chi connectivity index (χ0n) is 20.0. The van der Waals surface area contributed by atoms with Crippen LogP contribution in [0.5, 0.6) is 0 Å². The first-order valence-corrected chi connectivity index (χ1v) is 11.4. The fourth-order valence-corrected chi connectivity index (χ4v) is 4.19. The lowest BCUT2D eigenvalue weighted by molar-refractivity contribution is -0.138. The fourth-order valence-electron chi connectivity index (χ4n) is 4.19. The van der Waals surface area contributed by atoms with Crippen molar-refractivity contribution < 1.29 is 23.1 Å². The average Bonchev–Trinajstić information content (AvgIpc) is 3.29. The number of carbonyl (C=O) groups is 1. The van der Waals surface area contributed by atoms with Gasteiger partial charge in [-0.25, -0.2) is 0 Å². The minimum atomic E-state index is -4.68. The van der Waals surface area contributed by atoms with Crippen LogP contribution in [-0.2, 0) is 12.6 Å². The molecule has 0 aliphatic heterocycles. The quantitative estimate of drug-likeness (QED) is 0.332. The van der Waals surface area contributed by atoms with E-state index in [-0.39, 0.29) is 29.1 Å². The number of aliphatic hydroxyl groups is 1. The maximum Gasteiger partial charge on any atom is 0.418 e. The van der Waals surface area contributed by atoms with Crippen LogP contribution in [0, 0.1) is 30.4 Å². The third-order valence-corrected chi connectivity index (χ3v) is 5.86. The van der Waals surface area contributed by atoms with Crippen molar-refractivity contribution in [3.8, 4) is 11.8 Å². The van der Waals surface area contributed by atoms with E-state index in [1.54, 1.807) is 55.5 Å². The van der Waals surface area contributed by atoms with Gasteiger partial charge in [-0.2, -0.15) is 18.4 Å². The van der Waals surface area contributed by atoms with Gasteiger partial charge in [0.1, 0.15) is 11.8 Å². The SMILES string of the molecule is CCc1c(C(F)(F)F)cc(C(=O)Nc2cccc(C(O)c3c#ccc(C)c3)c2)n1-c1cccc(C#N)c1. The highest BCUT2D eigenvalue weighted by molar-refractivity contribution is 6.04. The molecule has 186 valence electrons. The van der Waals surface area contributed by atoms with E-state index >= 15 is 0 Å². The number of aryl methyl sites for hydroxylation is 1. The van der Waals surface area contributed by atoms with E-state index in [4.69, 9.17) is 0 Å². The Morgan fingerprint density at radius 1 is 1.16 bits per heavy atom. The van der Waals surface area contributed by atoms with Crippen LogP contribution >= 0.6 is 0 Å². The van der Waals surface area contributed by atoms with Crippen molar-refractivity contribution in [3.63, 3.8) is 0 Å². The number of amides is 1. The maximum absolute atomic E-state index is 13.9. The molecule has 2 N–H and O–H groups in total. The molecule has 3 aromatic carbocycles. The maximum atomic E-state index is 13.9. The molecule has 37 heavy (non-hydrogen) atoms. The first-order valence-electron chi connectivity index (χ1n) is 11.4. The summed E-state index contributed by atoms with van der Waals surface area (Å²) in [5.74, 6) is -0.769. The van der Waals surface area contributed by atoms with Gasteiger partial charge in [-0.3, -0.25) is 4.79 Å². The Balaban J connectivity index is 1.74. The average molecular weight is 502 g/mol. The molecule has 0 radical (unpaired) electrons. The molecule has 0 fully saturated rings. The van der Waals surface area contributed by atoms with Crippen LogP contribution in [0.25, 0.3) is 5.69 Å². The highest BCUT2D eigenvalue weighted by Gasteiger charge is 2.37.